The minimum atomic E-state index is -0.198. The Kier molecular flexibility index (Phi) is 5.81. The maximum atomic E-state index is 14.1. The number of rotatable bonds is 5. The molecular formula is C16H16ClFIN. The fraction of sp³-hybridized carbons (Fsp3) is 0.250. The summed E-state index contributed by atoms with van der Waals surface area (Å²) in [7, 11) is 0. The summed E-state index contributed by atoms with van der Waals surface area (Å²) >= 11 is 8.38. The summed E-state index contributed by atoms with van der Waals surface area (Å²) in [5.74, 6) is -0.198. The molecule has 0 saturated carbocycles. The van der Waals surface area contributed by atoms with Gasteiger partial charge < -0.3 is 5.32 Å². The molecule has 106 valence electrons. The van der Waals surface area contributed by atoms with E-state index in [9.17, 15) is 4.39 Å². The Balaban J connectivity index is 2.41. The molecular weight excluding hydrogens is 388 g/mol. The van der Waals surface area contributed by atoms with Gasteiger partial charge in [0.2, 0.25) is 0 Å². The monoisotopic (exact) mass is 403 g/mol. The van der Waals surface area contributed by atoms with E-state index in [1.54, 1.807) is 6.07 Å². The largest absolute Gasteiger partial charge is 0.306 e. The summed E-state index contributed by atoms with van der Waals surface area (Å²) in [6, 6.07) is 12.5. The van der Waals surface area contributed by atoms with Crippen LogP contribution >= 0.6 is 34.2 Å². The summed E-state index contributed by atoms with van der Waals surface area (Å²) in [5, 5.41) is 4.09. The van der Waals surface area contributed by atoms with Gasteiger partial charge in [-0.3, -0.25) is 0 Å². The average molecular weight is 404 g/mol. The third-order valence-electron chi connectivity index (χ3n) is 3.09. The summed E-state index contributed by atoms with van der Waals surface area (Å²) in [6.45, 7) is 2.91. The zero-order valence-corrected chi connectivity index (χ0v) is 14.1. The van der Waals surface area contributed by atoms with Crippen LogP contribution in [0.3, 0.4) is 0 Å². The van der Waals surface area contributed by atoms with Crippen LogP contribution in [0.25, 0.3) is 0 Å². The van der Waals surface area contributed by atoms with Gasteiger partial charge in [-0.1, -0.05) is 42.8 Å². The van der Waals surface area contributed by atoms with Crippen molar-refractivity contribution in [2.75, 3.05) is 6.54 Å². The Labute approximate surface area is 137 Å². The SMILES string of the molecule is CCCNC(c1ccc(I)c(Cl)c1)c1ccccc1F. The van der Waals surface area contributed by atoms with Crippen molar-refractivity contribution in [2.24, 2.45) is 0 Å². The Hall–Kier alpha value is -0.650. The third kappa shape index (κ3) is 3.71. The molecule has 4 heteroatoms. The molecule has 0 spiro atoms. The summed E-state index contributed by atoms with van der Waals surface area (Å²) in [4.78, 5) is 0. The molecule has 20 heavy (non-hydrogen) atoms. The van der Waals surface area contributed by atoms with Crippen molar-refractivity contribution in [1.82, 2.24) is 5.32 Å². The van der Waals surface area contributed by atoms with Gasteiger partial charge in [-0.05, 0) is 59.3 Å². The standard InChI is InChI=1S/C16H16ClFIN/c1-2-9-20-16(12-5-3-4-6-14(12)18)11-7-8-15(19)13(17)10-11/h3-8,10,16,20H,2,9H2,1H3. The predicted octanol–water partition coefficient (Wildman–Crippen LogP) is 5.17. The van der Waals surface area contributed by atoms with Crippen LogP contribution in [0.15, 0.2) is 42.5 Å². The van der Waals surface area contributed by atoms with Crippen LogP contribution < -0.4 is 5.32 Å². The van der Waals surface area contributed by atoms with Gasteiger partial charge in [0.05, 0.1) is 11.1 Å². The molecule has 0 aliphatic rings. The lowest BCUT2D eigenvalue weighted by Gasteiger charge is -2.20. The maximum absolute atomic E-state index is 14.1. The highest BCUT2D eigenvalue weighted by molar-refractivity contribution is 14.1. The molecule has 0 aromatic heterocycles. The van der Waals surface area contributed by atoms with Crippen molar-refractivity contribution in [3.8, 4) is 0 Å². The third-order valence-corrected chi connectivity index (χ3v) is 4.66. The van der Waals surface area contributed by atoms with Crippen LogP contribution in [-0.2, 0) is 0 Å². The molecule has 0 radical (unpaired) electrons. The van der Waals surface area contributed by atoms with Crippen molar-refractivity contribution in [3.05, 3.63) is 68.0 Å². The smallest absolute Gasteiger partial charge is 0.128 e. The van der Waals surface area contributed by atoms with Gasteiger partial charge in [-0.25, -0.2) is 4.39 Å². The van der Waals surface area contributed by atoms with Crippen molar-refractivity contribution in [2.45, 2.75) is 19.4 Å². The lowest BCUT2D eigenvalue weighted by Crippen LogP contribution is -2.24. The summed E-state index contributed by atoms with van der Waals surface area (Å²) < 4.78 is 15.1. The molecule has 0 saturated heterocycles. The van der Waals surface area contributed by atoms with Gasteiger partial charge in [-0.15, -0.1) is 0 Å². The molecule has 0 amide bonds. The van der Waals surface area contributed by atoms with Crippen molar-refractivity contribution in [3.63, 3.8) is 0 Å². The highest BCUT2D eigenvalue weighted by atomic mass is 127. The first-order valence-corrected chi connectivity index (χ1v) is 8.02. The Bertz CT molecular complexity index is 588. The van der Waals surface area contributed by atoms with E-state index in [1.165, 1.54) is 6.07 Å². The number of halogens is 3. The van der Waals surface area contributed by atoms with Crippen LogP contribution in [0.4, 0.5) is 4.39 Å². The average Bonchev–Trinajstić information content (AvgIpc) is 2.44. The molecule has 2 aromatic carbocycles. The zero-order valence-electron chi connectivity index (χ0n) is 11.2. The predicted molar refractivity (Wildman–Crippen MR) is 90.7 cm³/mol. The minimum absolute atomic E-state index is 0.175. The molecule has 0 aliphatic heterocycles. The summed E-state index contributed by atoms with van der Waals surface area (Å²) in [5.41, 5.74) is 1.63. The van der Waals surface area contributed by atoms with Crippen molar-refractivity contribution >= 4 is 34.2 Å². The van der Waals surface area contributed by atoms with Crippen molar-refractivity contribution < 1.29 is 4.39 Å². The molecule has 0 bridgehead atoms. The molecule has 0 fully saturated rings. The number of hydrogen-bond donors (Lipinski definition) is 1. The molecule has 0 aliphatic carbocycles. The maximum Gasteiger partial charge on any atom is 0.128 e. The Morgan fingerprint density at radius 2 is 2.00 bits per heavy atom. The molecule has 1 N–H and O–H groups in total. The normalized spacial score (nSPS) is 12.4. The van der Waals surface area contributed by atoms with Crippen molar-refractivity contribution in [1.29, 1.82) is 0 Å². The van der Waals surface area contributed by atoms with Gasteiger partial charge in [0, 0.05) is 9.13 Å². The first kappa shape index (κ1) is 15.7. The highest BCUT2D eigenvalue weighted by Crippen LogP contribution is 2.28. The Morgan fingerprint density at radius 1 is 1.25 bits per heavy atom. The topological polar surface area (TPSA) is 12.0 Å². The first-order valence-electron chi connectivity index (χ1n) is 6.56. The summed E-state index contributed by atoms with van der Waals surface area (Å²) in [6.07, 6.45) is 0.989. The fourth-order valence-corrected chi connectivity index (χ4v) is 2.62. The van der Waals surface area contributed by atoms with Crippen LogP contribution in [0.2, 0.25) is 5.02 Å². The molecule has 2 rings (SSSR count). The van der Waals surface area contributed by atoms with Gasteiger partial charge in [0.15, 0.2) is 0 Å². The van der Waals surface area contributed by atoms with E-state index in [0.717, 1.165) is 22.1 Å². The number of benzene rings is 2. The van der Waals surface area contributed by atoms with E-state index >= 15 is 0 Å². The fourth-order valence-electron chi connectivity index (χ4n) is 2.10. The lowest BCUT2D eigenvalue weighted by atomic mass is 9.98. The molecule has 1 nitrogen and oxygen atoms in total. The Morgan fingerprint density at radius 3 is 2.65 bits per heavy atom. The zero-order chi connectivity index (χ0) is 14.5. The second kappa shape index (κ2) is 7.38. The molecule has 2 aromatic rings. The number of nitrogens with one attached hydrogen (secondary N) is 1. The first-order chi connectivity index (χ1) is 9.63. The number of hydrogen-bond acceptors (Lipinski definition) is 1. The quantitative estimate of drug-likeness (QED) is 0.679. The van der Waals surface area contributed by atoms with E-state index in [-0.39, 0.29) is 11.9 Å². The molecule has 0 heterocycles. The van der Waals surface area contributed by atoms with E-state index in [4.69, 9.17) is 11.6 Å². The van der Waals surface area contributed by atoms with Crippen LogP contribution in [-0.4, -0.2) is 6.54 Å². The lowest BCUT2D eigenvalue weighted by molar-refractivity contribution is 0.547. The van der Waals surface area contributed by atoms with Gasteiger partial charge in [0.1, 0.15) is 5.82 Å². The van der Waals surface area contributed by atoms with E-state index in [0.29, 0.717) is 10.6 Å². The van der Waals surface area contributed by atoms with Crippen LogP contribution in [0, 0.1) is 9.39 Å². The second-order valence-corrected chi connectivity index (χ2v) is 6.15. The van der Waals surface area contributed by atoms with E-state index in [2.05, 4.69) is 34.8 Å². The van der Waals surface area contributed by atoms with E-state index in [1.807, 2.05) is 30.3 Å². The van der Waals surface area contributed by atoms with Crippen LogP contribution in [0.1, 0.15) is 30.5 Å². The van der Waals surface area contributed by atoms with E-state index < -0.39 is 0 Å². The van der Waals surface area contributed by atoms with Gasteiger partial charge in [0.25, 0.3) is 0 Å². The second-order valence-electron chi connectivity index (χ2n) is 4.58. The molecule has 1 unspecified atom stereocenters. The van der Waals surface area contributed by atoms with Gasteiger partial charge in [-0.2, -0.15) is 0 Å². The van der Waals surface area contributed by atoms with Crippen LogP contribution in [0.5, 0.6) is 0 Å². The highest BCUT2D eigenvalue weighted by Gasteiger charge is 2.17. The van der Waals surface area contributed by atoms with Gasteiger partial charge >= 0.3 is 0 Å². The molecule has 1 atom stereocenters. The minimum Gasteiger partial charge on any atom is -0.306 e.